The molecule has 0 fully saturated rings. The van der Waals surface area contributed by atoms with E-state index in [2.05, 4.69) is 9.55 Å². The molecule has 2 heterocycles. The Morgan fingerprint density at radius 1 is 1.24 bits per heavy atom. The highest BCUT2D eigenvalue weighted by molar-refractivity contribution is 6.31. The highest BCUT2D eigenvalue weighted by Gasteiger charge is 2.35. The fourth-order valence-corrected chi connectivity index (χ4v) is 4.05. The van der Waals surface area contributed by atoms with Gasteiger partial charge in [0.2, 0.25) is 0 Å². The summed E-state index contributed by atoms with van der Waals surface area (Å²) in [5.74, 6) is -0.160. The molecule has 1 aliphatic rings. The van der Waals surface area contributed by atoms with Crippen LogP contribution in [0.2, 0.25) is 5.02 Å². The number of ether oxygens (including phenoxy) is 1. The van der Waals surface area contributed by atoms with E-state index in [9.17, 15) is 10.2 Å². The van der Waals surface area contributed by atoms with Crippen LogP contribution >= 0.6 is 11.6 Å². The first kappa shape index (κ1) is 16.1. The van der Waals surface area contributed by atoms with E-state index in [4.69, 9.17) is 16.3 Å². The number of rotatable bonds is 4. The molecule has 0 saturated carbocycles. The van der Waals surface area contributed by atoms with Crippen molar-refractivity contribution in [3.63, 3.8) is 0 Å². The maximum atomic E-state index is 10.4. The molecule has 0 bridgehead atoms. The maximum Gasteiger partial charge on any atom is 0.199 e. The molecule has 0 spiro atoms. The summed E-state index contributed by atoms with van der Waals surface area (Å²) in [6.45, 7) is 1.34. The Kier molecular flexibility index (Phi) is 3.98. The molecule has 3 N–H and O–H groups in total. The first-order chi connectivity index (χ1) is 12.1. The lowest BCUT2D eigenvalue weighted by molar-refractivity contribution is 0.186. The third kappa shape index (κ3) is 2.51. The normalized spacial score (nSPS) is 15.8. The Morgan fingerprint density at radius 2 is 2.04 bits per heavy atom. The quantitative estimate of drug-likeness (QED) is 0.662. The van der Waals surface area contributed by atoms with E-state index in [1.165, 1.54) is 0 Å². The van der Waals surface area contributed by atoms with E-state index in [0.717, 1.165) is 23.4 Å². The Labute approximate surface area is 150 Å². The Bertz CT molecular complexity index is 929. The molecule has 1 aromatic carbocycles. The fourth-order valence-electron chi connectivity index (χ4n) is 3.78. The van der Waals surface area contributed by atoms with Crippen molar-refractivity contribution >= 4 is 11.6 Å². The molecule has 6 heteroatoms. The smallest absolute Gasteiger partial charge is 0.199 e. The molecule has 4 rings (SSSR count). The van der Waals surface area contributed by atoms with Crippen molar-refractivity contribution in [1.29, 1.82) is 0 Å². The number of aromatic amines is 1. The lowest BCUT2D eigenvalue weighted by Crippen LogP contribution is -2.16. The monoisotopic (exact) mass is 358 g/mol. The van der Waals surface area contributed by atoms with Crippen LogP contribution in [-0.2, 0) is 17.7 Å². The summed E-state index contributed by atoms with van der Waals surface area (Å²) in [6, 6.07) is 9.60. The number of hydrogen-bond donors (Lipinski definition) is 3. The van der Waals surface area contributed by atoms with Crippen molar-refractivity contribution < 1.29 is 14.9 Å². The minimum absolute atomic E-state index is 0.00675. The van der Waals surface area contributed by atoms with Crippen LogP contribution in [-0.4, -0.2) is 33.5 Å². The van der Waals surface area contributed by atoms with Crippen molar-refractivity contribution in [1.82, 2.24) is 9.55 Å². The Morgan fingerprint density at radius 3 is 2.80 bits per heavy atom. The molecule has 1 unspecified atom stereocenters. The van der Waals surface area contributed by atoms with Crippen LogP contribution in [0.4, 0.5) is 0 Å². The van der Waals surface area contributed by atoms with Crippen molar-refractivity contribution in [2.75, 3.05) is 13.7 Å². The van der Waals surface area contributed by atoms with Crippen LogP contribution in [0.3, 0.4) is 0 Å². The van der Waals surface area contributed by atoms with Gasteiger partial charge in [-0.15, -0.1) is 0 Å². The van der Waals surface area contributed by atoms with Crippen LogP contribution in [0.5, 0.6) is 11.8 Å². The third-order valence-electron chi connectivity index (χ3n) is 4.91. The second-order valence-electron chi connectivity index (χ2n) is 6.25. The summed E-state index contributed by atoms with van der Waals surface area (Å²) in [4.78, 5) is 2.66. The van der Waals surface area contributed by atoms with E-state index >= 15 is 0 Å². The summed E-state index contributed by atoms with van der Waals surface area (Å²) in [5, 5.41) is 21.4. The zero-order chi connectivity index (χ0) is 17.6. The summed E-state index contributed by atoms with van der Waals surface area (Å²) in [6.07, 6.45) is 2.68. The molecule has 5 nitrogen and oxygen atoms in total. The van der Waals surface area contributed by atoms with Crippen molar-refractivity contribution in [2.45, 2.75) is 18.9 Å². The zero-order valence-corrected chi connectivity index (χ0v) is 14.5. The Hall–Kier alpha value is -2.37. The molecule has 1 atom stereocenters. The number of fused-ring (bicyclic) bond motifs is 3. The third-order valence-corrected chi connectivity index (χ3v) is 5.25. The molecule has 130 valence electrons. The minimum Gasteiger partial charge on any atom is -0.494 e. The van der Waals surface area contributed by atoms with Gasteiger partial charge in [-0.1, -0.05) is 29.8 Å². The van der Waals surface area contributed by atoms with Crippen molar-refractivity contribution in [3.05, 3.63) is 58.4 Å². The number of nitrogens with one attached hydrogen (secondary N) is 1. The molecule has 0 amide bonds. The predicted octanol–water partition coefficient (Wildman–Crippen LogP) is 3.88. The lowest BCUT2D eigenvalue weighted by atomic mass is 9.79. The highest BCUT2D eigenvalue weighted by Crippen LogP contribution is 2.51. The van der Waals surface area contributed by atoms with Gasteiger partial charge < -0.3 is 19.5 Å². The van der Waals surface area contributed by atoms with Gasteiger partial charge in [0.15, 0.2) is 11.8 Å². The first-order valence-electron chi connectivity index (χ1n) is 8.17. The molecule has 2 aromatic heterocycles. The number of halogens is 1. The average molecular weight is 359 g/mol. The summed E-state index contributed by atoms with van der Waals surface area (Å²) < 4.78 is 7.33. The van der Waals surface area contributed by atoms with Gasteiger partial charge in [0.1, 0.15) is 0 Å². The minimum atomic E-state index is -0.135. The Balaban J connectivity index is 1.90. The van der Waals surface area contributed by atoms with Gasteiger partial charge in [0.25, 0.3) is 0 Å². The molecule has 3 aromatic rings. The second kappa shape index (κ2) is 6.17. The van der Waals surface area contributed by atoms with E-state index in [1.807, 2.05) is 36.5 Å². The van der Waals surface area contributed by atoms with Crippen LogP contribution < -0.4 is 0 Å². The number of nitrogens with zero attached hydrogens (tertiary/aromatic N) is 1. The summed E-state index contributed by atoms with van der Waals surface area (Å²) in [5.41, 5.74) is 4.32. The average Bonchev–Trinajstić information content (AvgIpc) is 3.13. The number of benzene rings is 1. The molecule has 25 heavy (non-hydrogen) atoms. The van der Waals surface area contributed by atoms with Gasteiger partial charge >= 0.3 is 0 Å². The molecule has 0 saturated heterocycles. The second-order valence-corrected chi connectivity index (χ2v) is 6.66. The van der Waals surface area contributed by atoms with Gasteiger partial charge in [0, 0.05) is 47.6 Å². The van der Waals surface area contributed by atoms with E-state index < -0.39 is 0 Å². The molecule has 0 radical (unpaired) electrons. The summed E-state index contributed by atoms with van der Waals surface area (Å²) in [7, 11) is 1.68. The van der Waals surface area contributed by atoms with Gasteiger partial charge in [-0.25, -0.2) is 0 Å². The van der Waals surface area contributed by atoms with E-state index in [-0.39, 0.29) is 17.7 Å². The van der Waals surface area contributed by atoms with Crippen LogP contribution in [0.1, 0.15) is 22.7 Å². The molecular formula is C19H19ClN2O3. The number of hydrogen-bond acceptors (Lipinski definition) is 3. The van der Waals surface area contributed by atoms with Gasteiger partial charge in [0.05, 0.1) is 12.2 Å². The molecule has 1 aliphatic carbocycles. The number of aromatic nitrogens is 2. The highest BCUT2D eigenvalue weighted by atomic mass is 35.5. The summed E-state index contributed by atoms with van der Waals surface area (Å²) >= 11 is 6.43. The standard InChI is InChI=1S/C19H19ClN2O3/c1-25-9-8-22-7-6-12-15(22)10-13(11-4-2-3-5-14(11)20)17-16(12)18(23)21-19(17)24/h2-7,13,21,23-24H,8-10H2,1H3. The number of aromatic hydroxyl groups is 2. The van der Waals surface area contributed by atoms with E-state index in [0.29, 0.717) is 29.2 Å². The molecular weight excluding hydrogens is 340 g/mol. The van der Waals surface area contributed by atoms with Crippen LogP contribution in [0.25, 0.3) is 11.1 Å². The van der Waals surface area contributed by atoms with Gasteiger partial charge in [-0.05, 0) is 24.1 Å². The van der Waals surface area contributed by atoms with Crippen molar-refractivity contribution in [3.8, 4) is 22.9 Å². The SMILES string of the molecule is COCCn1ccc2c1CC(c1ccccc1Cl)c1c(O)[nH]c(O)c1-2. The number of methoxy groups -OCH3 is 1. The maximum absolute atomic E-state index is 10.4. The topological polar surface area (TPSA) is 70.4 Å². The van der Waals surface area contributed by atoms with Crippen LogP contribution in [0.15, 0.2) is 36.5 Å². The van der Waals surface area contributed by atoms with Gasteiger partial charge in [-0.3, -0.25) is 4.98 Å². The van der Waals surface area contributed by atoms with E-state index in [1.54, 1.807) is 7.11 Å². The zero-order valence-electron chi connectivity index (χ0n) is 13.8. The lowest BCUT2D eigenvalue weighted by Gasteiger charge is -2.26. The fraction of sp³-hybridized carbons (Fsp3) is 0.263. The number of H-pyrrole nitrogens is 1. The van der Waals surface area contributed by atoms with Gasteiger partial charge in [-0.2, -0.15) is 0 Å². The van der Waals surface area contributed by atoms with Crippen molar-refractivity contribution in [2.24, 2.45) is 0 Å². The van der Waals surface area contributed by atoms with Crippen LogP contribution in [0, 0.1) is 0 Å². The molecule has 0 aliphatic heterocycles. The first-order valence-corrected chi connectivity index (χ1v) is 8.55. The largest absolute Gasteiger partial charge is 0.494 e. The predicted molar refractivity (Wildman–Crippen MR) is 96.4 cm³/mol.